The van der Waals surface area contributed by atoms with Crippen molar-refractivity contribution in [2.24, 2.45) is 23.7 Å². The first kappa shape index (κ1) is 18.5. The summed E-state index contributed by atoms with van der Waals surface area (Å²) >= 11 is 0. The van der Waals surface area contributed by atoms with Crippen LogP contribution in [0.2, 0.25) is 0 Å². The summed E-state index contributed by atoms with van der Waals surface area (Å²) in [5.41, 5.74) is 3.03. The van der Waals surface area contributed by atoms with Crippen LogP contribution in [0, 0.1) is 23.7 Å². The molecule has 2 fully saturated rings. The number of hydrogen-bond donors (Lipinski definition) is 0. The van der Waals surface area contributed by atoms with Crippen molar-refractivity contribution in [1.82, 2.24) is 0 Å². The van der Waals surface area contributed by atoms with Gasteiger partial charge in [-0.3, -0.25) is 0 Å². The first-order valence-electron chi connectivity index (χ1n) is 9.98. The van der Waals surface area contributed by atoms with Crippen LogP contribution in [0.15, 0.2) is 73.3 Å². The third-order valence-corrected chi connectivity index (χ3v) is 6.35. The molecule has 3 heteroatoms. The lowest BCUT2D eigenvalue weighted by molar-refractivity contribution is 0.0601. The molecule has 1 saturated heterocycles. The highest BCUT2D eigenvalue weighted by Crippen LogP contribution is 2.48. The molecule has 1 heterocycles. The van der Waals surface area contributed by atoms with Crippen molar-refractivity contribution in [3.05, 3.63) is 84.5 Å². The predicted molar refractivity (Wildman–Crippen MR) is 114 cm³/mol. The Labute approximate surface area is 167 Å². The first-order valence-corrected chi connectivity index (χ1v) is 9.98. The fourth-order valence-corrected chi connectivity index (χ4v) is 4.85. The van der Waals surface area contributed by atoms with Gasteiger partial charge >= 0.3 is 5.97 Å². The second-order valence-corrected chi connectivity index (χ2v) is 7.84. The predicted octanol–water partition coefficient (Wildman–Crippen LogP) is 5.06. The second kappa shape index (κ2) is 8.05. The van der Waals surface area contributed by atoms with Gasteiger partial charge in [-0.2, -0.15) is 0 Å². The van der Waals surface area contributed by atoms with Gasteiger partial charge < -0.3 is 9.64 Å². The number of anilines is 1. The van der Waals surface area contributed by atoms with E-state index in [2.05, 4.69) is 60.0 Å². The largest absolute Gasteiger partial charge is 0.465 e. The van der Waals surface area contributed by atoms with Crippen LogP contribution in [-0.4, -0.2) is 26.2 Å². The van der Waals surface area contributed by atoms with Crippen LogP contribution in [0.4, 0.5) is 5.69 Å². The molecule has 1 aliphatic heterocycles. The zero-order valence-electron chi connectivity index (χ0n) is 16.3. The van der Waals surface area contributed by atoms with Gasteiger partial charge in [-0.25, -0.2) is 4.79 Å². The number of carbonyl (C=O) groups is 1. The van der Waals surface area contributed by atoms with E-state index < -0.39 is 0 Å². The Kier molecular flexibility index (Phi) is 5.34. The minimum Gasteiger partial charge on any atom is -0.465 e. The van der Waals surface area contributed by atoms with Crippen molar-refractivity contribution < 1.29 is 9.53 Å². The van der Waals surface area contributed by atoms with Gasteiger partial charge in [-0.1, -0.05) is 48.6 Å². The van der Waals surface area contributed by atoms with Crippen molar-refractivity contribution in [2.75, 3.05) is 25.1 Å². The maximum absolute atomic E-state index is 11.7. The van der Waals surface area contributed by atoms with Gasteiger partial charge in [0.05, 0.1) is 12.7 Å². The van der Waals surface area contributed by atoms with E-state index in [-0.39, 0.29) is 5.97 Å². The van der Waals surface area contributed by atoms with Gasteiger partial charge in [0, 0.05) is 18.8 Å². The van der Waals surface area contributed by atoms with Crippen molar-refractivity contribution in [1.29, 1.82) is 0 Å². The van der Waals surface area contributed by atoms with E-state index in [1.54, 1.807) is 0 Å². The minimum atomic E-state index is -0.289. The molecule has 144 valence electrons. The lowest BCUT2D eigenvalue weighted by atomic mass is 9.90. The van der Waals surface area contributed by atoms with Crippen molar-refractivity contribution in [3.63, 3.8) is 0 Å². The molecule has 0 radical (unpaired) electrons. The number of rotatable bonds is 5. The first-order chi connectivity index (χ1) is 13.7. The molecular formula is C25H27NO2. The molecule has 2 aliphatic rings. The van der Waals surface area contributed by atoms with Crippen LogP contribution in [0.25, 0.3) is 6.08 Å². The molecule has 0 aromatic heterocycles. The molecule has 0 bridgehead atoms. The van der Waals surface area contributed by atoms with Crippen molar-refractivity contribution in [3.8, 4) is 0 Å². The summed E-state index contributed by atoms with van der Waals surface area (Å²) in [6.07, 6.45) is 8.01. The van der Waals surface area contributed by atoms with Crippen LogP contribution in [0.5, 0.6) is 0 Å². The van der Waals surface area contributed by atoms with E-state index in [0.29, 0.717) is 29.2 Å². The number of esters is 1. The van der Waals surface area contributed by atoms with E-state index in [1.807, 2.05) is 24.3 Å². The van der Waals surface area contributed by atoms with Crippen LogP contribution in [-0.2, 0) is 4.74 Å². The summed E-state index contributed by atoms with van der Waals surface area (Å²) in [7, 11) is 1.41. The molecule has 2 aromatic carbocycles. The Morgan fingerprint density at radius 1 is 1.04 bits per heavy atom. The van der Waals surface area contributed by atoms with E-state index >= 15 is 0 Å². The highest BCUT2D eigenvalue weighted by molar-refractivity contribution is 5.89. The number of fused-ring (bicyclic) bond motifs is 1. The fourth-order valence-electron chi connectivity index (χ4n) is 4.85. The molecule has 1 saturated carbocycles. The second-order valence-electron chi connectivity index (χ2n) is 7.84. The van der Waals surface area contributed by atoms with Crippen molar-refractivity contribution in [2.45, 2.75) is 6.42 Å². The highest BCUT2D eigenvalue weighted by Gasteiger charge is 2.46. The molecule has 2 aromatic rings. The molecule has 4 atom stereocenters. The molecule has 28 heavy (non-hydrogen) atoms. The third-order valence-electron chi connectivity index (χ3n) is 6.35. The number of benzene rings is 2. The summed E-state index contributed by atoms with van der Waals surface area (Å²) in [4.78, 5) is 14.1. The summed E-state index contributed by atoms with van der Waals surface area (Å²) in [5, 5.41) is 0. The number of allylic oxidation sites excluding steroid dienone is 2. The number of hydrogen-bond acceptors (Lipinski definition) is 3. The zero-order valence-corrected chi connectivity index (χ0v) is 16.3. The maximum Gasteiger partial charge on any atom is 0.337 e. The smallest absolute Gasteiger partial charge is 0.337 e. The Hall–Kier alpha value is -2.81. The highest BCUT2D eigenvalue weighted by atomic mass is 16.5. The Morgan fingerprint density at radius 2 is 1.71 bits per heavy atom. The monoisotopic (exact) mass is 373 g/mol. The maximum atomic E-state index is 11.7. The molecule has 0 N–H and O–H groups in total. The van der Waals surface area contributed by atoms with Gasteiger partial charge in [0.25, 0.3) is 0 Å². The lowest BCUT2D eigenvalue weighted by Gasteiger charge is -2.22. The number of carbonyl (C=O) groups excluding carboxylic acids is 1. The lowest BCUT2D eigenvalue weighted by Crippen LogP contribution is -2.23. The van der Waals surface area contributed by atoms with Crippen LogP contribution >= 0.6 is 0 Å². The van der Waals surface area contributed by atoms with Gasteiger partial charge in [-0.05, 0) is 59.9 Å². The summed E-state index contributed by atoms with van der Waals surface area (Å²) in [5.74, 6) is 2.14. The van der Waals surface area contributed by atoms with Crippen LogP contribution < -0.4 is 4.90 Å². The van der Waals surface area contributed by atoms with Gasteiger partial charge in [0.15, 0.2) is 0 Å². The van der Waals surface area contributed by atoms with E-state index in [1.165, 1.54) is 24.8 Å². The molecule has 0 spiro atoms. The van der Waals surface area contributed by atoms with E-state index in [9.17, 15) is 4.79 Å². The molecule has 3 nitrogen and oxygen atoms in total. The molecule has 4 rings (SSSR count). The van der Waals surface area contributed by atoms with Gasteiger partial charge in [0.1, 0.15) is 0 Å². The summed E-state index contributed by atoms with van der Waals surface area (Å²) < 4.78 is 4.80. The average Bonchev–Trinajstić information content (AvgIpc) is 3.32. The standard InChI is InChI=1S/C25H27NO2/c1-3-19-15-21(10-9-18-7-5-4-6-8-18)24-17-26(16-23(19)24)22-13-11-20(12-14-22)25(27)28-2/h3-14,19,21,23-24H,1,15-17H2,2H3/b10-9+. The Bertz CT molecular complexity index is 856. The molecule has 4 unspecified atom stereocenters. The van der Waals surface area contributed by atoms with Crippen LogP contribution in [0.3, 0.4) is 0 Å². The number of ether oxygens (including phenoxy) is 1. The molecule has 1 aliphatic carbocycles. The zero-order chi connectivity index (χ0) is 19.5. The number of nitrogens with zero attached hydrogens (tertiary/aromatic N) is 1. The number of methoxy groups -OCH3 is 1. The minimum absolute atomic E-state index is 0.289. The third kappa shape index (κ3) is 3.62. The van der Waals surface area contributed by atoms with Crippen molar-refractivity contribution >= 4 is 17.7 Å². The summed E-state index contributed by atoms with van der Waals surface area (Å²) in [6, 6.07) is 18.3. The summed E-state index contributed by atoms with van der Waals surface area (Å²) in [6.45, 7) is 6.20. The van der Waals surface area contributed by atoms with Gasteiger partial charge in [0.2, 0.25) is 0 Å². The topological polar surface area (TPSA) is 29.5 Å². The Balaban J connectivity index is 1.49. The SMILES string of the molecule is C=CC1CC(/C=C/c2ccccc2)C2CN(c3ccc(C(=O)OC)cc3)CC12. The van der Waals surface area contributed by atoms with E-state index in [4.69, 9.17) is 4.74 Å². The molecule has 0 amide bonds. The Morgan fingerprint density at radius 3 is 2.36 bits per heavy atom. The quantitative estimate of drug-likeness (QED) is 0.542. The fraction of sp³-hybridized carbons (Fsp3) is 0.320. The van der Waals surface area contributed by atoms with Crippen LogP contribution in [0.1, 0.15) is 22.3 Å². The van der Waals surface area contributed by atoms with Gasteiger partial charge in [-0.15, -0.1) is 6.58 Å². The normalized spacial score (nSPS) is 26.4. The average molecular weight is 373 g/mol. The van der Waals surface area contributed by atoms with E-state index in [0.717, 1.165) is 13.1 Å². The molecular weight excluding hydrogens is 346 g/mol.